The molecule has 0 saturated carbocycles. The van der Waals surface area contributed by atoms with Gasteiger partial charge in [-0.25, -0.2) is 4.79 Å². The second kappa shape index (κ2) is 5.24. The smallest absolute Gasteiger partial charge is 0.316 e. The van der Waals surface area contributed by atoms with Crippen LogP contribution in [0.2, 0.25) is 0 Å². The van der Waals surface area contributed by atoms with Crippen molar-refractivity contribution in [2.24, 2.45) is 5.73 Å². The molecular weight excluding hydrogens is 190 g/mol. The van der Waals surface area contributed by atoms with Gasteiger partial charge >= 0.3 is 6.03 Å². The first-order valence-corrected chi connectivity index (χ1v) is 5.08. The summed E-state index contributed by atoms with van der Waals surface area (Å²) in [5.74, 6) is 0. The average molecular weight is 207 g/mol. The van der Waals surface area contributed by atoms with Gasteiger partial charge in [0.25, 0.3) is 0 Å². The van der Waals surface area contributed by atoms with E-state index in [0.717, 1.165) is 24.5 Å². The molecule has 2 amide bonds. The number of amides is 2. The van der Waals surface area contributed by atoms with Crippen molar-refractivity contribution in [2.45, 2.75) is 13.8 Å². The normalized spacial score (nSPS) is 9.73. The Morgan fingerprint density at radius 2 is 2.07 bits per heavy atom. The maximum Gasteiger partial charge on any atom is 0.316 e. The summed E-state index contributed by atoms with van der Waals surface area (Å²) < 4.78 is 0. The molecule has 82 valence electrons. The molecule has 15 heavy (non-hydrogen) atoms. The van der Waals surface area contributed by atoms with Gasteiger partial charge < -0.3 is 16.0 Å². The highest BCUT2D eigenvalue weighted by atomic mass is 16.2. The van der Waals surface area contributed by atoms with Gasteiger partial charge in [-0.3, -0.25) is 0 Å². The number of urea groups is 1. The van der Waals surface area contributed by atoms with Crippen molar-refractivity contribution < 1.29 is 4.79 Å². The minimum absolute atomic E-state index is 0.535. The van der Waals surface area contributed by atoms with E-state index < -0.39 is 6.03 Å². The molecule has 0 unspecified atom stereocenters. The van der Waals surface area contributed by atoms with Crippen molar-refractivity contribution in [1.29, 1.82) is 0 Å². The number of nitrogens with zero attached hydrogens (tertiary/aromatic N) is 1. The van der Waals surface area contributed by atoms with Gasteiger partial charge in [0.1, 0.15) is 0 Å². The second-order valence-corrected chi connectivity index (χ2v) is 3.21. The quantitative estimate of drug-likeness (QED) is 0.793. The van der Waals surface area contributed by atoms with E-state index in [4.69, 9.17) is 5.73 Å². The highest BCUT2D eigenvalue weighted by molar-refractivity contribution is 5.88. The Balaban J connectivity index is 2.86. The van der Waals surface area contributed by atoms with Crippen LogP contribution in [0.25, 0.3) is 0 Å². The number of anilines is 2. The third-order valence-corrected chi connectivity index (χ3v) is 2.24. The largest absolute Gasteiger partial charge is 0.372 e. The van der Waals surface area contributed by atoms with E-state index in [9.17, 15) is 4.79 Å². The Morgan fingerprint density at radius 1 is 1.40 bits per heavy atom. The second-order valence-electron chi connectivity index (χ2n) is 3.21. The summed E-state index contributed by atoms with van der Waals surface area (Å²) in [6.45, 7) is 6.07. The summed E-state index contributed by atoms with van der Waals surface area (Å²) in [6, 6.07) is 7.11. The Bertz CT molecular complexity index is 334. The van der Waals surface area contributed by atoms with Gasteiger partial charge in [-0.15, -0.1) is 0 Å². The fourth-order valence-corrected chi connectivity index (χ4v) is 1.51. The van der Waals surface area contributed by atoms with Gasteiger partial charge in [-0.05, 0) is 32.0 Å². The molecule has 4 heteroatoms. The van der Waals surface area contributed by atoms with Crippen LogP contribution in [0.1, 0.15) is 13.8 Å². The molecule has 0 aliphatic rings. The summed E-state index contributed by atoms with van der Waals surface area (Å²) in [7, 11) is 0. The molecule has 0 radical (unpaired) electrons. The molecule has 0 fully saturated rings. The van der Waals surface area contributed by atoms with Gasteiger partial charge in [0.15, 0.2) is 0 Å². The Labute approximate surface area is 90.1 Å². The predicted molar refractivity (Wildman–Crippen MR) is 63.2 cm³/mol. The van der Waals surface area contributed by atoms with Gasteiger partial charge in [0, 0.05) is 24.5 Å². The Morgan fingerprint density at radius 3 is 2.60 bits per heavy atom. The fraction of sp³-hybridized carbons (Fsp3) is 0.364. The van der Waals surface area contributed by atoms with Crippen LogP contribution in [0.15, 0.2) is 24.3 Å². The highest BCUT2D eigenvalue weighted by Gasteiger charge is 2.02. The van der Waals surface area contributed by atoms with Crippen molar-refractivity contribution in [3.63, 3.8) is 0 Å². The van der Waals surface area contributed by atoms with Crippen LogP contribution in [-0.4, -0.2) is 19.1 Å². The zero-order chi connectivity index (χ0) is 11.3. The first-order valence-electron chi connectivity index (χ1n) is 5.08. The van der Waals surface area contributed by atoms with Crippen molar-refractivity contribution in [3.05, 3.63) is 24.3 Å². The minimum atomic E-state index is -0.535. The Hall–Kier alpha value is -1.71. The number of carbonyl (C=O) groups is 1. The molecule has 0 aromatic heterocycles. The maximum absolute atomic E-state index is 10.7. The molecule has 0 heterocycles. The molecule has 4 nitrogen and oxygen atoms in total. The molecule has 0 spiro atoms. The molecule has 1 aromatic carbocycles. The van der Waals surface area contributed by atoms with Crippen LogP contribution < -0.4 is 16.0 Å². The van der Waals surface area contributed by atoms with Crippen LogP contribution in [0.3, 0.4) is 0 Å². The Kier molecular flexibility index (Phi) is 3.97. The van der Waals surface area contributed by atoms with Crippen LogP contribution in [0.5, 0.6) is 0 Å². The lowest BCUT2D eigenvalue weighted by atomic mass is 10.2. The van der Waals surface area contributed by atoms with E-state index >= 15 is 0 Å². The van der Waals surface area contributed by atoms with Gasteiger partial charge in [0.05, 0.1) is 0 Å². The molecule has 0 aliphatic carbocycles. The summed E-state index contributed by atoms with van der Waals surface area (Å²) in [4.78, 5) is 12.9. The predicted octanol–water partition coefficient (Wildman–Crippen LogP) is 2.02. The lowest BCUT2D eigenvalue weighted by Crippen LogP contribution is -2.22. The van der Waals surface area contributed by atoms with Crippen LogP contribution in [0.4, 0.5) is 16.2 Å². The van der Waals surface area contributed by atoms with E-state index in [0.29, 0.717) is 0 Å². The first-order chi connectivity index (χ1) is 7.17. The van der Waals surface area contributed by atoms with E-state index in [1.807, 2.05) is 24.3 Å². The maximum atomic E-state index is 10.7. The third-order valence-electron chi connectivity index (χ3n) is 2.24. The van der Waals surface area contributed by atoms with Crippen LogP contribution in [0, 0.1) is 0 Å². The number of hydrogen-bond donors (Lipinski definition) is 2. The SMILES string of the molecule is CCN(CC)c1cccc(NC(N)=O)c1. The average Bonchev–Trinajstić information content (AvgIpc) is 2.19. The number of rotatable bonds is 4. The van der Waals surface area contributed by atoms with Crippen LogP contribution in [-0.2, 0) is 0 Å². The van der Waals surface area contributed by atoms with Gasteiger partial charge in [0.2, 0.25) is 0 Å². The van der Waals surface area contributed by atoms with Crippen molar-refractivity contribution >= 4 is 17.4 Å². The molecule has 3 N–H and O–H groups in total. The lowest BCUT2D eigenvalue weighted by Gasteiger charge is -2.21. The van der Waals surface area contributed by atoms with Gasteiger partial charge in [-0.1, -0.05) is 6.07 Å². The lowest BCUT2D eigenvalue weighted by molar-refractivity contribution is 0.259. The van der Waals surface area contributed by atoms with Crippen molar-refractivity contribution in [3.8, 4) is 0 Å². The zero-order valence-electron chi connectivity index (χ0n) is 9.16. The number of hydrogen-bond acceptors (Lipinski definition) is 2. The fourth-order valence-electron chi connectivity index (χ4n) is 1.51. The van der Waals surface area contributed by atoms with E-state index in [-0.39, 0.29) is 0 Å². The number of carbonyl (C=O) groups excluding carboxylic acids is 1. The molecule has 0 bridgehead atoms. The third kappa shape index (κ3) is 3.16. The number of benzene rings is 1. The molecule has 1 rings (SSSR count). The molecular formula is C11H17N3O. The standard InChI is InChI=1S/C11H17N3O/c1-3-14(4-2)10-7-5-6-9(8-10)13-11(12)15/h5-8H,3-4H2,1-2H3,(H3,12,13,15). The monoisotopic (exact) mass is 207 g/mol. The zero-order valence-corrected chi connectivity index (χ0v) is 9.16. The molecule has 0 saturated heterocycles. The van der Waals surface area contributed by atoms with Crippen molar-refractivity contribution in [1.82, 2.24) is 0 Å². The topological polar surface area (TPSA) is 58.4 Å². The first kappa shape index (κ1) is 11.4. The van der Waals surface area contributed by atoms with E-state index in [2.05, 4.69) is 24.1 Å². The summed E-state index contributed by atoms with van der Waals surface area (Å²) >= 11 is 0. The summed E-state index contributed by atoms with van der Waals surface area (Å²) in [6.07, 6.45) is 0. The number of nitrogens with two attached hydrogens (primary N) is 1. The van der Waals surface area contributed by atoms with Gasteiger partial charge in [-0.2, -0.15) is 0 Å². The minimum Gasteiger partial charge on any atom is -0.372 e. The summed E-state index contributed by atoms with van der Waals surface area (Å²) in [5, 5.41) is 2.56. The van der Waals surface area contributed by atoms with Crippen LogP contribution >= 0.6 is 0 Å². The van der Waals surface area contributed by atoms with E-state index in [1.54, 1.807) is 0 Å². The highest BCUT2D eigenvalue weighted by Crippen LogP contribution is 2.18. The number of primary amides is 1. The van der Waals surface area contributed by atoms with E-state index in [1.165, 1.54) is 0 Å². The van der Waals surface area contributed by atoms with Crippen molar-refractivity contribution in [2.75, 3.05) is 23.3 Å². The number of nitrogens with one attached hydrogen (secondary N) is 1. The molecule has 0 aliphatic heterocycles. The molecule has 1 aromatic rings. The summed E-state index contributed by atoms with van der Waals surface area (Å²) in [5.41, 5.74) is 6.87. The molecule has 0 atom stereocenters.